The van der Waals surface area contributed by atoms with Crippen LogP contribution in [0.25, 0.3) is 32.9 Å². The first-order valence-corrected chi connectivity index (χ1v) is 11.4. The average molecular weight is 496 g/mol. The van der Waals surface area contributed by atoms with Gasteiger partial charge in [-0.1, -0.05) is 34.5 Å². The van der Waals surface area contributed by atoms with Crippen molar-refractivity contribution in [1.29, 1.82) is 0 Å². The Morgan fingerprint density at radius 1 is 1.03 bits per heavy atom. The summed E-state index contributed by atoms with van der Waals surface area (Å²) in [7, 11) is 0. The van der Waals surface area contributed by atoms with Crippen molar-refractivity contribution in [3.05, 3.63) is 82.3 Å². The summed E-state index contributed by atoms with van der Waals surface area (Å²) >= 11 is 13.5. The summed E-state index contributed by atoms with van der Waals surface area (Å²) in [6.45, 7) is 1.85. The van der Waals surface area contributed by atoms with Gasteiger partial charge in [-0.3, -0.25) is 4.79 Å². The molecule has 0 atom stereocenters. The second-order valence-electron chi connectivity index (χ2n) is 7.11. The third-order valence-corrected chi connectivity index (χ3v) is 6.10. The smallest absolute Gasteiger partial charge is 0.248 e. The lowest BCUT2D eigenvalue weighted by atomic mass is 10.2. The topological polar surface area (TPSA) is 85.3 Å². The highest BCUT2D eigenvalue weighted by molar-refractivity contribution is 7.19. The Hall–Kier alpha value is -3.46. The van der Waals surface area contributed by atoms with E-state index in [1.165, 1.54) is 17.4 Å². The van der Waals surface area contributed by atoms with Crippen LogP contribution in [0, 0.1) is 6.92 Å². The Labute approximate surface area is 202 Å². The molecule has 0 spiro atoms. The second-order valence-corrected chi connectivity index (χ2v) is 8.94. The van der Waals surface area contributed by atoms with E-state index in [1.54, 1.807) is 40.9 Å². The highest BCUT2D eigenvalue weighted by atomic mass is 35.5. The standard InChI is InChI=1S/C23H15Cl2N5O2S/c1-13-27-28-23-30(13)29-22(33-23)14-2-4-18(5-3-14)26-21(31)9-7-19-6-8-20(32-19)15-10-16(24)12-17(25)11-15/h2-12H,1H3,(H,26,31)/b9-7+. The molecule has 0 bridgehead atoms. The van der Waals surface area contributed by atoms with E-state index in [0.717, 1.165) is 26.9 Å². The number of aromatic nitrogens is 4. The Bertz CT molecular complexity index is 1480. The minimum atomic E-state index is -0.277. The van der Waals surface area contributed by atoms with Crippen molar-refractivity contribution in [3.8, 4) is 21.9 Å². The van der Waals surface area contributed by atoms with Gasteiger partial charge in [0.2, 0.25) is 10.9 Å². The number of nitrogens with one attached hydrogen (secondary N) is 1. The van der Waals surface area contributed by atoms with E-state index in [-0.39, 0.29) is 5.91 Å². The Balaban J connectivity index is 1.24. The molecule has 164 valence electrons. The first-order chi connectivity index (χ1) is 15.9. The molecule has 1 N–H and O–H groups in total. The van der Waals surface area contributed by atoms with Crippen LogP contribution in [-0.2, 0) is 4.79 Å². The number of fused-ring (bicyclic) bond motifs is 1. The van der Waals surface area contributed by atoms with E-state index >= 15 is 0 Å². The second kappa shape index (κ2) is 8.82. The van der Waals surface area contributed by atoms with Crippen LogP contribution < -0.4 is 5.32 Å². The number of hydrogen-bond acceptors (Lipinski definition) is 6. The summed E-state index contributed by atoms with van der Waals surface area (Å²) in [6, 6.07) is 16.2. The number of anilines is 1. The molecule has 5 rings (SSSR count). The van der Waals surface area contributed by atoms with Crippen molar-refractivity contribution in [1.82, 2.24) is 19.8 Å². The van der Waals surface area contributed by atoms with E-state index in [0.29, 0.717) is 27.3 Å². The van der Waals surface area contributed by atoms with Crippen LogP contribution >= 0.6 is 34.5 Å². The summed E-state index contributed by atoms with van der Waals surface area (Å²) in [5.41, 5.74) is 2.36. The molecule has 0 aliphatic carbocycles. The maximum atomic E-state index is 12.3. The van der Waals surface area contributed by atoms with E-state index in [1.807, 2.05) is 31.2 Å². The monoisotopic (exact) mass is 495 g/mol. The molecule has 5 aromatic rings. The van der Waals surface area contributed by atoms with Crippen LogP contribution in [0.2, 0.25) is 10.0 Å². The number of benzene rings is 2. The minimum absolute atomic E-state index is 0.277. The third-order valence-electron chi connectivity index (χ3n) is 4.72. The van der Waals surface area contributed by atoms with Gasteiger partial charge in [0.15, 0.2) is 5.82 Å². The highest BCUT2D eigenvalue weighted by Crippen LogP contribution is 2.29. The summed E-state index contributed by atoms with van der Waals surface area (Å²) in [6.07, 6.45) is 3.01. The molecule has 10 heteroatoms. The van der Waals surface area contributed by atoms with Crippen LogP contribution in [0.5, 0.6) is 0 Å². The quantitative estimate of drug-likeness (QED) is 0.286. The van der Waals surface area contributed by atoms with Gasteiger partial charge in [0.25, 0.3) is 0 Å². The van der Waals surface area contributed by atoms with Crippen LogP contribution in [0.15, 0.2) is 65.1 Å². The maximum Gasteiger partial charge on any atom is 0.248 e. The molecule has 0 aliphatic rings. The number of rotatable bonds is 5. The van der Waals surface area contributed by atoms with Crippen molar-refractivity contribution in [2.45, 2.75) is 6.92 Å². The first-order valence-electron chi connectivity index (χ1n) is 9.79. The molecule has 0 saturated carbocycles. The van der Waals surface area contributed by atoms with E-state index in [4.69, 9.17) is 27.6 Å². The molecule has 7 nitrogen and oxygen atoms in total. The van der Waals surface area contributed by atoms with Gasteiger partial charge in [0.1, 0.15) is 16.5 Å². The summed E-state index contributed by atoms with van der Waals surface area (Å²) < 4.78 is 7.48. The Morgan fingerprint density at radius 3 is 2.52 bits per heavy atom. The SMILES string of the molecule is Cc1nnc2sc(-c3ccc(NC(=O)/C=C/c4ccc(-c5cc(Cl)cc(Cl)c5)o4)cc3)nn12. The lowest BCUT2D eigenvalue weighted by Gasteiger charge is -2.03. The van der Waals surface area contributed by atoms with Gasteiger partial charge < -0.3 is 9.73 Å². The molecule has 33 heavy (non-hydrogen) atoms. The van der Waals surface area contributed by atoms with Crippen molar-refractivity contribution >= 4 is 57.2 Å². The number of carbonyl (C=O) groups is 1. The van der Waals surface area contributed by atoms with Gasteiger partial charge in [-0.15, -0.1) is 10.2 Å². The zero-order valence-corrected chi connectivity index (χ0v) is 19.4. The number of aryl methyl sites for hydroxylation is 1. The minimum Gasteiger partial charge on any atom is -0.457 e. The summed E-state index contributed by atoms with van der Waals surface area (Å²) in [5.74, 6) is 1.60. The Kier molecular flexibility index (Phi) is 5.72. The number of amides is 1. The normalized spacial score (nSPS) is 11.5. The average Bonchev–Trinajstić information content (AvgIpc) is 3.50. The van der Waals surface area contributed by atoms with Gasteiger partial charge in [-0.05, 0) is 67.6 Å². The highest BCUT2D eigenvalue weighted by Gasteiger charge is 2.11. The molecule has 3 heterocycles. The number of nitrogens with zero attached hydrogens (tertiary/aromatic N) is 4. The van der Waals surface area contributed by atoms with Crippen molar-refractivity contribution in [2.24, 2.45) is 0 Å². The predicted molar refractivity (Wildman–Crippen MR) is 131 cm³/mol. The third kappa shape index (κ3) is 4.68. The van der Waals surface area contributed by atoms with Crippen LogP contribution in [0.3, 0.4) is 0 Å². The fourth-order valence-electron chi connectivity index (χ4n) is 3.16. The van der Waals surface area contributed by atoms with Gasteiger partial charge in [-0.2, -0.15) is 9.61 Å². The fraction of sp³-hybridized carbons (Fsp3) is 0.0435. The zero-order chi connectivity index (χ0) is 22.9. The molecular weight excluding hydrogens is 481 g/mol. The zero-order valence-electron chi connectivity index (χ0n) is 17.1. The maximum absolute atomic E-state index is 12.3. The molecule has 0 aliphatic heterocycles. The number of carbonyl (C=O) groups excluding carboxylic acids is 1. The Morgan fingerprint density at radius 2 is 1.79 bits per heavy atom. The summed E-state index contributed by atoms with van der Waals surface area (Å²) in [5, 5.41) is 17.3. The van der Waals surface area contributed by atoms with Crippen molar-refractivity contribution < 1.29 is 9.21 Å². The van der Waals surface area contributed by atoms with E-state index < -0.39 is 0 Å². The van der Waals surface area contributed by atoms with Gasteiger partial charge >= 0.3 is 0 Å². The predicted octanol–water partition coefficient (Wildman–Crippen LogP) is 6.38. The van der Waals surface area contributed by atoms with Gasteiger partial charge in [-0.25, -0.2) is 0 Å². The van der Waals surface area contributed by atoms with Crippen molar-refractivity contribution in [3.63, 3.8) is 0 Å². The molecule has 0 saturated heterocycles. The lowest BCUT2D eigenvalue weighted by molar-refractivity contribution is -0.111. The van der Waals surface area contributed by atoms with Crippen LogP contribution in [-0.4, -0.2) is 25.7 Å². The van der Waals surface area contributed by atoms with Crippen LogP contribution in [0.1, 0.15) is 11.6 Å². The van der Waals surface area contributed by atoms with E-state index in [9.17, 15) is 4.79 Å². The van der Waals surface area contributed by atoms with Crippen LogP contribution in [0.4, 0.5) is 5.69 Å². The van der Waals surface area contributed by atoms with Gasteiger partial charge in [0.05, 0.1) is 0 Å². The molecule has 0 unspecified atom stereocenters. The molecule has 3 aromatic heterocycles. The molecule has 2 aromatic carbocycles. The fourth-order valence-corrected chi connectivity index (χ4v) is 4.58. The van der Waals surface area contributed by atoms with Gasteiger partial charge in [0, 0.05) is 32.9 Å². The van der Waals surface area contributed by atoms with Crippen molar-refractivity contribution in [2.75, 3.05) is 5.32 Å². The number of halogens is 2. The lowest BCUT2D eigenvalue weighted by Crippen LogP contribution is -2.07. The summed E-state index contributed by atoms with van der Waals surface area (Å²) in [4.78, 5) is 13.1. The number of furan rings is 1. The first kappa shape index (κ1) is 21.4. The molecule has 1 amide bonds. The molecule has 0 radical (unpaired) electrons. The van der Waals surface area contributed by atoms with E-state index in [2.05, 4.69) is 20.6 Å². The number of hydrogen-bond donors (Lipinski definition) is 1. The molecular formula is C23H15Cl2N5O2S. The molecule has 0 fully saturated rings. The largest absolute Gasteiger partial charge is 0.457 e.